The Labute approximate surface area is 187 Å². The maximum atomic E-state index is 13.6. The summed E-state index contributed by atoms with van der Waals surface area (Å²) in [6.45, 7) is 5.85. The first-order valence-corrected chi connectivity index (χ1v) is 12.2. The molecule has 174 valence electrons. The van der Waals surface area contributed by atoms with Crippen molar-refractivity contribution in [2.45, 2.75) is 51.7 Å². The Morgan fingerprint density at radius 3 is 2.56 bits per heavy atom. The second kappa shape index (κ2) is 9.05. The third-order valence-electron chi connectivity index (χ3n) is 5.31. The first-order chi connectivity index (χ1) is 14.9. The Hall–Kier alpha value is -2.68. The average Bonchev–Trinajstić information content (AvgIpc) is 2.66. The van der Waals surface area contributed by atoms with Crippen molar-refractivity contribution >= 4 is 21.6 Å². The normalized spacial score (nSPS) is 17.2. The number of ether oxygens (including phenoxy) is 1. The van der Waals surface area contributed by atoms with Gasteiger partial charge in [0.05, 0.1) is 18.0 Å². The number of nitrogens with zero attached hydrogens (tertiary/aromatic N) is 1. The SMILES string of the molecule is Cc1ccc2c(c1)C(NC(=O)CCCN(c1ccc(F)c(F)c1)S(C)(=O)=O)CC(C)(C)O2. The van der Waals surface area contributed by atoms with E-state index in [0.29, 0.717) is 6.42 Å². The van der Waals surface area contributed by atoms with Crippen LogP contribution in [-0.2, 0) is 14.8 Å². The lowest BCUT2D eigenvalue weighted by Crippen LogP contribution is -2.41. The minimum atomic E-state index is -3.74. The number of carbonyl (C=O) groups excluding carboxylic acids is 1. The van der Waals surface area contributed by atoms with E-state index in [-0.39, 0.29) is 37.0 Å². The first-order valence-electron chi connectivity index (χ1n) is 10.4. The first kappa shape index (κ1) is 24.0. The van der Waals surface area contributed by atoms with Crippen molar-refractivity contribution in [3.63, 3.8) is 0 Å². The van der Waals surface area contributed by atoms with Gasteiger partial charge in [0.25, 0.3) is 0 Å². The molecule has 6 nitrogen and oxygen atoms in total. The van der Waals surface area contributed by atoms with Crippen molar-refractivity contribution in [2.75, 3.05) is 17.1 Å². The van der Waals surface area contributed by atoms with Crippen molar-refractivity contribution < 1.29 is 26.7 Å². The van der Waals surface area contributed by atoms with Gasteiger partial charge < -0.3 is 10.1 Å². The van der Waals surface area contributed by atoms with Crippen molar-refractivity contribution in [1.29, 1.82) is 0 Å². The third kappa shape index (κ3) is 5.76. The molecule has 1 aliphatic heterocycles. The molecule has 2 aromatic carbocycles. The van der Waals surface area contributed by atoms with Crippen LogP contribution in [0.4, 0.5) is 14.5 Å². The number of anilines is 1. The van der Waals surface area contributed by atoms with Crippen LogP contribution in [0.2, 0.25) is 0 Å². The van der Waals surface area contributed by atoms with Gasteiger partial charge in [-0.1, -0.05) is 17.7 Å². The lowest BCUT2D eigenvalue weighted by atomic mass is 9.89. The molecule has 1 amide bonds. The van der Waals surface area contributed by atoms with E-state index in [1.165, 1.54) is 6.07 Å². The van der Waals surface area contributed by atoms with Crippen LogP contribution in [0.15, 0.2) is 36.4 Å². The molecular weight excluding hydrogens is 438 g/mol. The van der Waals surface area contributed by atoms with Gasteiger partial charge in [-0.15, -0.1) is 0 Å². The fourth-order valence-electron chi connectivity index (χ4n) is 3.88. The number of hydrogen-bond donors (Lipinski definition) is 1. The second-order valence-electron chi connectivity index (χ2n) is 8.76. The number of amides is 1. The summed E-state index contributed by atoms with van der Waals surface area (Å²) < 4.78 is 58.1. The van der Waals surface area contributed by atoms with Gasteiger partial charge in [-0.3, -0.25) is 9.10 Å². The molecule has 0 aromatic heterocycles. The van der Waals surface area contributed by atoms with Gasteiger partial charge in [0, 0.05) is 31.0 Å². The number of nitrogens with one attached hydrogen (secondary N) is 1. The predicted molar refractivity (Wildman–Crippen MR) is 119 cm³/mol. The summed E-state index contributed by atoms with van der Waals surface area (Å²) in [7, 11) is -3.74. The van der Waals surface area contributed by atoms with Gasteiger partial charge >= 0.3 is 0 Å². The Morgan fingerprint density at radius 1 is 1.19 bits per heavy atom. The van der Waals surface area contributed by atoms with E-state index >= 15 is 0 Å². The summed E-state index contributed by atoms with van der Waals surface area (Å²) in [5.74, 6) is -1.68. The molecule has 0 saturated carbocycles. The number of hydrogen-bond acceptors (Lipinski definition) is 4. The summed E-state index contributed by atoms with van der Waals surface area (Å²) in [6.07, 6.45) is 1.87. The number of sulfonamides is 1. The molecule has 0 spiro atoms. The Morgan fingerprint density at radius 2 is 1.91 bits per heavy atom. The second-order valence-corrected chi connectivity index (χ2v) is 10.7. The zero-order valence-electron chi connectivity index (χ0n) is 18.6. The number of fused-ring (bicyclic) bond motifs is 1. The van der Waals surface area contributed by atoms with Gasteiger partial charge in [-0.2, -0.15) is 0 Å². The summed E-state index contributed by atoms with van der Waals surface area (Å²) in [4.78, 5) is 12.7. The predicted octanol–water partition coefficient (Wildman–Crippen LogP) is 4.24. The van der Waals surface area contributed by atoms with E-state index in [1.807, 2.05) is 39.0 Å². The number of carbonyl (C=O) groups is 1. The standard InChI is InChI=1S/C23H28F2N2O4S/c1-15-7-10-21-17(12-15)20(14-23(2,3)31-21)26-22(28)6-5-11-27(32(4,29)30)16-8-9-18(24)19(25)13-16/h7-10,12-13,20H,5-6,11,14H2,1-4H3,(H,26,28). The van der Waals surface area contributed by atoms with Crippen molar-refractivity contribution in [3.05, 3.63) is 59.2 Å². The van der Waals surface area contributed by atoms with Crippen LogP contribution >= 0.6 is 0 Å². The van der Waals surface area contributed by atoms with E-state index in [2.05, 4.69) is 5.32 Å². The Bertz CT molecular complexity index is 1120. The molecule has 1 heterocycles. The van der Waals surface area contributed by atoms with Crippen LogP contribution < -0.4 is 14.4 Å². The molecule has 0 fully saturated rings. The van der Waals surface area contributed by atoms with Gasteiger partial charge in [0.15, 0.2) is 11.6 Å². The maximum Gasteiger partial charge on any atom is 0.232 e. The number of rotatable bonds is 7. The van der Waals surface area contributed by atoms with Crippen LogP contribution in [-0.4, -0.2) is 32.7 Å². The van der Waals surface area contributed by atoms with E-state index < -0.39 is 27.3 Å². The van der Waals surface area contributed by atoms with Crippen LogP contribution in [0.5, 0.6) is 5.75 Å². The fourth-order valence-corrected chi connectivity index (χ4v) is 4.84. The highest BCUT2D eigenvalue weighted by molar-refractivity contribution is 7.92. The molecule has 32 heavy (non-hydrogen) atoms. The third-order valence-corrected chi connectivity index (χ3v) is 6.51. The highest BCUT2D eigenvalue weighted by atomic mass is 32.2. The van der Waals surface area contributed by atoms with Gasteiger partial charge in [-0.25, -0.2) is 17.2 Å². The smallest absolute Gasteiger partial charge is 0.232 e. The molecule has 0 aliphatic carbocycles. The largest absolute Gasteiger partial charge is 0.487 e. The monoisotopic (exact) mass is 466 g/mol. The highest BCUT2D eigenvalue weighted by Crippen LogP contribution is 2.39. The van der Waals surface area contributed by atoms with E-state index in [0.717, 1.165) is 39.6 Å². The molecule has 1 unspecified atom stereocenters. The summed E-state index contributed by atoms with van der Waals surface area (Å²) >= 11 is 0. The van der Waals surface area contributed by atoms with Crippen LogP contribution in [0.3, 0.4) is 0 Å². The molecule has 9 heteroatoms. The topological polar surface area (TPSA) is 75.7 Å². The Balaban J connectivity index is 1.66. The zero-order valence-corrected chi connectivity index (χ0v) is 19.4. The molecule has 1 N–H and O–H groups in total. The van der Waals surface area contributed by atoms with Crippen molar-refractivity contribution in [2.24, 2.45) is 0 Å². The minimum absolute atomic E-state index is 0.0161. The molecule has 0 radical (unpaired) electrons. The summed E-state index contributed by atoms with van der Waals surface area (Å²) in [5.41, 5.74) is 1.54. The maximum absolute atomic E-state index is 13.6. The Kier molecular flexibility index (Phi) is 6.78. The molecule has 2 aromatic rings. The summed E-state index contributed by atoms with van der Waals surface area (Å²) in [6, 6.07) is 8.53. The average molecular weight is 467 g/mol. The lowest BCUT2D eigenvalue weighted by molar-refractivity contribution is -0.122. The molecule has 1 atom stereocenters. The fraction of sp³-hybridized carbons (Fsp3) is 0.435. The van der Waals surface area contributed by atoms with Crippen molar-refractivity contribution in [3.8, 4) is 5.75 Å². The minimum Gasteiger partial charge on any atom is -0.487 e. The van der Waals surface area contributed by atoms with Gasteiger partial charge in [0.1, 0.15) is 11.4 Å². The van der Waals surface area contributed by atoms with Crippen LogP contribution in [0, 0.1) is 18.6 Å². The van der Waals surface area contributed by atoms with Gasteiger partial charge in [-0.05, 0) is 45.4 Å². The van der Waals surface area contributed by atoms with E-state index in [4.69, 9.17) is 4.74 Å². The summed E-state index contributed by atoms with van der Waals surface area (Å²) in [5, 5.41) is 3.03. The number of aryl methyl sites for hydroxylation is 1. The van der Waals surface area contributed by atoms with Crippen LogP contribution in [0.25, 0.3) is 0 Å². The van der Waals surface area contributed by atoms with Gasteiger partial charge in [0.2, 0.25) is 15.9 Å². The molecule has 1 aliphatic rings. The van der Waals surface area contributed by atoms with E-state index in [1.54, 1.807) is 0 Å². The molecule has 0 bridgehead atoms. The van der Waals surface area contributed by atoms with E-state index in [9.17, 15) is 22.0 Å². The quantitative estimate of drug-likeness (QED) is 0.662. The molecular formula is C23H28F2N2O4S. The molecule has 3 rings (SSSR count). The zero-order chi connectivity index (χ0) is 23.7. The molecule has 0 saturated heterocycles. The lowest BCUT2D eigenvalue weighted by Gasteiger charge is -2.38. The van der Waals surface area contributed by atoms with Crippen LogP contribution in [0.1, 0.15) is 50.3 Å². The van der Waals surface area contributed by atoms with Crippen molar-refractivity contribution in [1.82, 2.24) is 5.32 Å². The number of benzene rings is 2. The highest BCUT2D eigenvalue weighted by Gasteiger charge is 2.34. The number of halogens is 2.